The Balaban J connectivity index is 1.99. The average Bonchev–Trinajstić information content (AvgIpc) is 2.77. The van der Waals surface area contributed by atoms with Crippen LogP contribution in [-0.2, 0) is 12.8 Å². The van der Waals surface area contributed by atoms with Crippen LogP contribution in [0, 0.1) is 5.92 Å². The zero-order chi connectivity index (χ0) is 13.0. The van der Waals surface area contributed by atoms with Crippen LogP contribution in [0.15, 0.2) is 40.9 Å². The number of alkyl halides is 1. The first kappa shape index (κ1) is 14.6. The van der Waals surface area contributed by atoms with Gasteiger partial charge in [0.05, 0.1) is 4.34 Å². The standard InChI is InChI=1S/C14H13Br2ClS/c15-9-11(8-13-5-6-14(17)18-13)7-10-1-3-12(16)4-2-10/h1-6,11H,7-9H2. The molecule has 1 aromatic heterocycles. The van der Waals surface area contributed by atoms with E-state index in [4.69, 9.17) is 11.6 Å². The quantitative estimate of drug-likeness (QED) is 0.536. The fourth-order valence-electron chi connectivity index (χ4n) is 1.88. The molecule has 0 aliphatic rings. The topological polar surface area (TPSA) is 0 Å². The highest BCUT2D eigenvalue weighted by Crippen LogP contribution is 2.26. The van der Waals surface area contributed by atoms with Crippen LogP contribution in [0.4, 0.5) is 0 Å². The van der Waals surface area contributed by atoms with Crippen LogP contribution in [0.25, 0.3) is 0 Å². The van der Waals surface area contributed by atoms with Gasteiger partial charge in [-0.1, -0.05) is 55.6 Å². The highest BCUT2D eigenvalue weighted by Gasteiger charge is 2.11. The van der Waals surface area contributed by atoms with E-state index in [9.17, 15) is 0 Å². The summed E-state index contributed by atoms with van der Waals surface area (Å²) in [6, 6.07) is 12.7. The lowest BCUT2D eigenvalue weighted by Gasteiger charge is -2.13. The van der Waals surface area contributed by atoms with E-state index in [0.29, 0.717) is 5.92 Å². The van der Waals surface area contributed by atoms with Gasteiger partial charge in [-0.15, -0.1) is 11.3 Å². The molecule has 0 aliphatic carbocycles. The predicted octanol–water partition coefficient (Wildman–Crippen LogP) is 5.96. The van der Waals surface area contributed by atoms with E-state index in [-0.39, 0.29) is 0 Å². The Labute approximate surface area is 134 Å². The molecule has 0 N–H and O–H groups in total. The van der Waals surface area contributed by atoms with Crippen molar-refractivity contribution < 1.29 is 0 Å². The molecule has 0 radical (unpaired) electrons. The molecule has 4 heteroatoms. The molecule has 1 unspecified atom stereocenters. The molecule has 0 saturated heterocycles. The van der Waals surface area contributed by atoms with Crippen LogP contribution in [0.3, 0.4) is 0 Å². The highest BCUT2D eigenvalue weighted by molar-refractivity contribution is 9.10. The van der Waals surface area contributed by atoms with Crippen molar-refractivity contribution in [2.75, 3.05) is 5.33 Å². The van der Waals surface area contributed by atoms with Crippen LogP contribution in [0.1, 0.15) is 10.4 Å². The molecule has 2 rings (SSSR count). The van der Waals surface area contributed by atoms with Crippen molar-refractivity contribution in [3.05, 3.63) is 55.6 Å². The molecule has 0 spiro atoms. The summed E-state index contributed by atoms with van der Waals surface area (Å²) in [6.45, 7) is 0. The van der Waals surface area contributed by atoms with Crippen molar-refractivity contribution in [1.82, 2.24) is 0 Å². The second-order valence-electron chi connectivity index (χ2n) is 4.26. The number of thiophene rings is 1. The molecule has 0 amide bonds. The zero-order valence-corrected chi connectivity index (χ0v) is 14.4. The Morgan fingerprint density at radius 1 is 1.06 bits per heavy atom. The minimum Gasteiger partial charge on any atom is -0.128 e. The summed E-state index contributed by atoms with van der Waals surface area (Å²) in [5.74, 6) is 0.612. The van der Waals surface area contributed by atoms with Crippen LogP contribution >= 0.6 is 54.8 Å². The van der Waals surface area contributed by atoms with Gasteiger partial charge in [0.2, 0.25) is 0 Å². The van der Waals surface area contributed by atoms with Crippen LogP contribution < -0.4 is 0 Å². The third kappa shape index (κ3) is 4.37. The van der Waals surface area contributed by atoms with Crippen LogP contribution in [0.5, 0.6) is 0 Å². The number of hydrogen-bond donors (Lipinski definition) is 0. The number of benzene rings is 1. The lowest BCUT2D eigenvalue weighted by molar-refractivity contribution is 0.596. The summed E-state index contributed by atoms with van der Waals surface area (Å²) >= 11 is 14.7. The molecule has 0 nitrogen and oxygen atoms in total. The Bertz CT molecular complexity index is 493. The summed E-state index contributed by atoms with van der Waals surface area (Å²) < 4.78 is 2.01. The smallest absolute Gasteiger partial charge is 0.0931 e. The number of rotatable bonds is 5. The lowest BCUT2D eigenvalue weighted by atomic mass is 9.97. The van der Waals surface area contributed by atoms with Crippen LogP contribution in [-0.4, -0.2) is 5.33 Å². The van der Waals surface area contributed by atoms with Crippen LogP contribution in [0.2, 0.25) is 4.34 Å². The highest BCUT2D eigenvalue weighted by atomic mass is 79.9. The summed E-state index contributed by atoms with van der Waals surface area (Å²) in [7, 11) is 0. The maximum absolute atomic E-state index is 5.97. The number of halogens is 3. The molecular formula is C14H13Br2ClS. The monoisotopic (exact) mass is 406 g/mol. The summed E-state index contributed by atoms with van der Waals surface area (Å²) in [5.41, 5.74) is 1.38. The van der Waals surface area contributed by atoms with E-state index in [2.05, 4.69) is 62.2 Å². The first-order valence-electron chi connectivity index (χ1n) is 5.72. The molecule has 0 saturated carbocycles. The van der Waals surface area contributed by atoms with Gasteiger partial charge in [-0.25, -0.2) is 0 Å². The summed E-state index contributed by atoms with van der Waals surface area (Å²) in [6.07, 6.45) is 2.17. The molecule has 1 heterocycles. The van der Waals surface area contributed by atoms with Crippen molar-refractivity contribution in [3.63, 3.8) is 0 Å². The van der Waals surface area contributed by atoms with E-state index >= 15 is 0 Å². The molecule has 2 aromatic rings. The van der Waals surface area contributed by atoms with Crippen molar-refractivity contribution >= 4 is 54.8 Å². The lowest BCUT2D eigenvalue weighted by Crippen LogP contribution is -2.09. The minimum atomic E-state index is 0.612. The van der Waals surface area contributed by atoms with E-state index < -0.39 is 0 Å². The third-order valence-electron chi connectivity index (χ3n) is 2.77. The molecule has 96 valence electrons. The molecule has 0 fully saturated rings. The Morgan fingerprint density at radius 3 is 2.33 bits per heavy atom. The molecule has 1 aromatic carbocycles. The van der Waals surface area contributed by atoms with Crippen molar-refractivity contribution in [3.8, 4) is 0 Å². The van der Waals surface area contributed by atoms with Gasteiger partial charge >= 0.3 is 0 Å². The van der Waals surface area contributed by atoms with Crippen molar-refractivity contribution in [2.45, 2.75) is 12.8 Å². The fraction of sp³-hybridized carbons (Fsp3) is 0.286. The first-order chi connectivity index (χ1) is 8.67. The summed E-state index contributed by atoms with van der Waals surface area (Å²) in [5, 5.41) is 1.01. The average molecular weight is 409 g/mol. The Kier molecular flexibility index (Phi) is 5.74. The normalized spacial score (nSPS) is 12.6. The number of hydrogen-bond acceptors (Lipinski definition) is 1. The van der Waals surface area contributed by atoms with Gasteiger partial charge in [0.15, 0.2) is 0 Å². The summed E-state index contributed by atoms with van der Waals surface area (Å²) in [4.78, 5) is 1.36. The van der Waals surface area contributed by atoms with Gasteiger partial charge in [-0.3, -0.25) is 0 Å². The minimum absolute atomic E-state index is 0.612. The fourth-order valence-corrected chi connectivity index (χ4v) is 3.81. The Hall–Kier alpha value is 0.170. The molecule has 1 atom stereocenters. The van der Waals surface area contributed by atoms with Crippen molar-refractivity contribution in [2.24, 2.45) is 5.92 Å². The van der Waals surface area contributed by atoms with E-state index in [0.717, 1.165) is 27.0 Å². The predicted molar refractivity (Wildman–Crippen MR) is 88.2 cm³/mol. The molecule has 18 heavy (non-hydrogen) atoms. The SMILES string of the molecule is Clc1ccc(CC(CBr)Cc2ccc(Br)cc2)s1. The molecule has 0 bridgehead atoms. The van der Waals surface area contributed by atoms with E-state index in [1.807, 2.05) is 6.07 Å². The van der Waals surface area contributed by atoms with Gasteiger partial charge in [0.1, 0.15) is 0 Å². The zero-order valence-electron chi connectivity index (χ0n) is 9.70. The van der Waals surface area contributed by atoms with Gasteiger partial charge in [-0.05, 0) is 48.6 Å². The molecule has 0 aliphatic heterocycles. The van der Waals surface area contributed by atoms with Gasteiger partial charge < -0.3 is 0 Å². The first-order valence-corrected chi connectivity index (χ1v) is 8.83. The maximum atomic E-state index is 5.97. The largest absolute Gasteiger partial charge is 0.128 e. The Morgan fingerprint density at radius 2 is 1.78 bits per heavy atom. The van der Waals surface area contributed by atoms with Gasteiger partial charge in [0.25, 0.3) is 0 Å². The second kappa shape index (κ2) is 7.09. The van der Waals surface area contributed by atoms with Gasteiger partial charge in [0, 0.05) is 14.7 Å². The van der Waals surface area contributed by atoms with E-state index in [1.54, 1.807) is 11.3 Å². The second-order valence-corrected chi connectivity index (χ2v) is 7.62. The third-order valence-corrected chi connectivity index (χ3v) is 5.47. The van der Waals surface area contributed by atoms with Gasteiger partial charge in [-0.2, -0.15) is 0 Å². The molecular weight excluding hydrogens is 395 g/mol. The van der Waals surface area contributed by atoms with E-state index in [1.165, 1.54) is 10.4 Å². The van der Waals surface area contributed by atoms with Crippen molar-refractivity contribution in [1.29, 1.82) is 0 Å². The maximum Gasteiger partial charge on any atom is 0.0931 e.